The third-order valence-electron chi connectivity index (χ3n) is 1.21. The summed E-state index contributed by atoms with van der Waals surface area (Å²) in [7, 11) is 0. The summed E-state index contributed by atoms with van der Waals surface area (Å²) in [4.78, 5) is 8.11. The molecule has 0 N–H and O–H groups in total. The van der Waals surface area contributed by atoms with Crippen LogP contribution < -0.4 is 0 Å². The molecule has 1 aliphatic rings. The summed E-state index contributed by atoms with van der Waals surface area (Å²) in [6.45, 7) is 5.70. The zero-order valence-corrected chi connectivity index (χ0v) is 6.49. The number of hydrogen-bond donors (Lipinski definition) is 0. The normalized spacial score (nSPS) is 20.5. The Kier molecular flexibility index (Phi) is 2.55. The smallest absolute Gasteiger partial charge is 0.158 e. The minimum atomic E-state index is 0.686. The number of rotatable bonds is 1. The van der Waals surface area contributed by atoms with Crippen LogP contribution in [0.25, 0.3) is 0 Å². The van der Waals surface area contributed by atoms with Crippen molar-refractivity contribution in [3.8, 4) is 0 Å². The van der Waals surface area contributed by atoms with Gasteiger partial charge in [0.25, 0.3) is 0 Å². The predicted octanol–water partition coefficient (Wildman–Crippen LogP) is 2.12. The maximum Gasteiger partial charge on any atom is 0.158 e. The Balaban J connectivity index is 2.81. The molecule has 0 fully saturated rings. The highest BCUT2D eigenvalue weighted by Crippen LogP contribution is 2.03. The van der Waals surface area contributed by atoms with Crippen LogP contribution in [0.1, 0.15) is 6.92 Å². The van der Waals surface area contributed by atoms with Gasteiger partial charge in [-0.1, -0.05) is 18.7 Å². The molecular formula is C9H10N2. The first-order valence-corrected chi connectivity index (χ1v) is 3.43. The van der Waals surface area contributed by atoms with Crippen molar-refractivity contribution < 1.29 is 0 Å². The van der Waals surface area contributed by atoms with Gasteiger partial charge in [-0.15, -0.1) is 0 Å². The number of amidine groups is 1. The van der Waals surface area contributed by atoms with Crippen molar-refractivity contribution in [2.45, 2.75) is 6.92 Å². The van der Waals surface area contributed by atoms with E-state index in [0.29, 0.717) is 5.84 Å². The molecule has 0 radical (unpaired) electrons. The molecule has 0 aromatic rings. The maximum atomic E-state index is 4.07. The minimum absolute atomic E-state index is 0.686. The Hall–Kier alpha value is -1.44. The third kappa shape index (κ3) is 2.00. The van der Waals surface area contributed by atoms with E-state index in [2.05, 4.69) is 16.6 Å². The largest absolute Gasteiger partial charge is 0.237 e. The van der Waals surface area contributed by atoms with Gasteiger partial charge in [0.2, 0.25) is 0 Å². The number of aliphatic imine (C=N–C) groups is 2. The quantitative estimate of drug-likeness (QED) is 0.541. The van der Waals surface area contributed by atoms with Crippen LogP contribution in [0.4, 0.5) is 0 Å². The Morgan fingerprint density at radius 1 is 1.64 bits per heavy atom. The molecule has 1 aliphatic heterocycles. The lowest BCUT2D eigenvalue weighted by Crippen LogP contribution is -1.99. The van der Waals surface area contributed by atoms with Gasteiger partial charge in [-0.25, -0.2) is 9.98 Å². The van der Waals surface area contributed by atoms with E-state index in [9.17, 15) is 0 Å². The topological polar surface area (TPSA) is 24.7 Å². The van der Waals surface area contributed by atoms with Crippen molar-refractivity contribution in [2.24, 2.45) is 9.98 Å². The zero-order chi connectivity index (χ0) is 8.10. The fourth-order valence-electron chi connectivity index (χ4n) is 0.692. The lowest BCUT2D eigenvalue weighted by atomic mass is 10.2. The fraction of sp³-hybridized carbons (Fsp3) is 0.111. The minimum Gasteiger partial charge on any atom is -0.237 e. The monoisotopic (exact) mass is 146 g/mol. The zero-order valence-electron chi connectivity index (χ0n) is 6.49. The lowest BCUT2D eigenvalue weighted by Gasteiger charge is -2.00. The Morgan fingerprint density at radius 2 is 2.45 bits per heavy atom. The van der Waals surface area contributed by atoms with Crippen molar-refractivity contribution in [3.05, 3.63) is 36.6 Å². The molecule has 0 spiro atoms. The average molecular weight is 146 g/mol. The van der Waals surface area contributed by atoms with E-state index >= 15 is 0 Å². The lowest BCUT2D eigenvalue weighted by molar-refractivity contribution is 1.46. The third-order valence-corrected chi connectivity index (χ3v) is 1.21. The first-order valence-electron chi connectivity index (χ1n) is 3.43. The van der Waals surface area contributed by atoms with E-state index in [1.807, 2.05) is 25.2 Å². The molecule has 0 atom stereocenters. The van der Waals surface area contributed by atoms with Crippen LogP contribution in [0.3, 0.4) is 0 Å². The number of hydrogen-bond acceptors (Lipinski definition) is 1. The summed E-state index contributed by atoms with van der Waals surface area (Å²) in [6, 6.07) is 0. The Labute approximate surface area is 66.4 Å². The van der Waals surface area contributed by atoms with Crippen molar-refractivity contribution in [2.75, 3.05) is 0 Å². The van der Waals surface area contributed by atoms with Crippen molar-refractivity contribution in [1.82, 2.24) is 0 Å². The van der Waals surface area contributed by atoms with Crippen molar-refractivity contribution in [1.29, 1.82) is 0 Å². The van der Waals surface area contributed by atoms with E-state index in [4.69, 9.17) is 0 Å². The van der Waals surface area contributed by atoms with E-state index in [1.165, 1.54) is 0 Å². The standard InChI is InChI=1S/C9H10N2/c1-3-6-10-9-8(2)5-4-7-11-9/h3-7H,2H2,1H3/b6-3-,10-9+. The SMILES string of the molecule is C=C1C=CC=N/C1=N/C=C\C. The molecule has 0 bridgehead atoms. The van der Waals surface area contributed by atoms with Crippen LogP contribution in [0.15, 0.2) is 46.6 Å². The highest BCUT2D eigenvalue weighted by atomic mass is 14.9. The summed E-state index contributed by atoms with van der Waals surface area (Å²) in [5.74, 6) is 0.686. The van der Waals surface area contributed by atoms with E-state index in [-0.39, 0.29) is 0 Å². The van der Waals surface area contributed by atoms with Gasteiger partial charge in [-0.05, 0) is 13.0 Å². The molecule has 1 heterocycles. The second-order valence-electron chi connectivity index (χ2n) is 2.10. The van der Waals surface area contributed by atoms with Crippen LogP contribution in [0.5, 0.6) is 0 Å². The molecule has 0 aromatic heterocycles. The van der Waals surface area contributed by atoms with Gasteiger partial charge >= 0.3 is 0 Å². The van der Waals surface area contributed by atoms with E-state index in [1.54, 1.807) is 12.4 Å². The number of dihydropyridines is 1. The first kappa shape index (κ1) is 7.66. The highest BCUT2D eigenvalue weighted by molar-refractivity contribution is 6.08. The van der Waals surface area contributed by atoms with Gasteiger partial charge in [0.1, 0.15) is 0 Å². The molecule has 0 saturated heterocycles. The summed E-state index contributed by atoms with van der Waals surface area (Å²) in [5, 5.41) is 0. The van der Waals surface area contributed by atoms with Crippen LogP contribution in [-0.4, -0.2) is 12.1 Å². The van der Waals surface area contributed by atoms with Gasteiger partial charge in [-0.3, -0.25) is 0 Å². The van der Waals surface area contributed by atoms with E-state index in [0.717, 1.165) is 5.57 Å². The average Bonchev–Trinajstić information content (AvgIpc) is 2.03. The first-order chi connectivity index (χ1) is 5.34. The molecule has 0 unspecified atom stereocenters. The molecule has 11 heavy (non-hydrogen) atoms. The van der Waals surface area contributed by atoms with Gasteiger partial charge in [-0.2, -0.15) is 0 Å². The van der Waals surface area contributed by atoms with Gasteiger partial charge in [0, 0.05) is 18.0 Å². The van der Waals surface area contributed by atoms with Gasteiger partial charge in [0.05, 0.1) is 0 Å². The number of allylic oxidation sites excluding steroid dienone is 2. The number of nitrogens with zero attached hydrogens (tertiary/aromatic N) is 2. The summed E-state index contributed by atoms with van der Waals surface area (Å²) in [6.07, 6.45) is 8.99. The molecule has 0 amide bonds. The van der Waals surface area contributed by atoms with Crippen LogP contribution in [-0.2, 0) is 0 Å². The second-order valence-corrected chi connectivity index (χ2v) is 2.10. The van der Waals surface area contributed by atoms with Crippen LogP contribution in [0.2, 0.25) is 0 Å². The van der Waals surface area contributed by atoms with Crippen LogP contribution >= 0.6 is 0 Å². The summed E-state index contributed by atoms with van der Waals surface area (Å²) in [5.41, 5.74) is 0.852. The molecule has 56 valence electrons. The van der Waals surface area contributed by atoms with E-state index < -0.39 is 0 Å². The Bertz CT molecular complexity index is 267. The second kappa shape index (κ2) is 3.66. The molecule has 2 nitrogen and oxygen atoms in total. The van der Waals surface area contributed by atoms with Crippen molar-refractivity contribution in [3.63, 3.8) is 0 Å². The summed E-state index contributed by atoms with van der Waals surface area (Å²) < 4.78 is 0. The Morgan fingerprint density at radius 3 is 3.09 bits per heavy atom. The predicted molar refractivity (Wildman–Crippen MR) is 49.0 cm³/mol. The summed E-state index contributed by atoms with van der Waals surface area (Å²) >= 11 is 0. The maximum absolute atomic E-state index is 4.07. The molecule has 2 heteroatoms. The van der Waals surface area contributed by atoms with Crippen LogP contribution in [0, 0.1) is 0 Å². The molecule has 0 aromatic carbocycles. The van der Waals surface area contributed by atoms with Crippen molar-refractivity contribution >= 4 is 12.1 Å². The molecule has 0 saturated carbocycles. The van der Waals surface area contributed by atoms with Gasteiger partial charge in [0.15, 0.2) is 5.84 Å². The highest BCUT2D eigenvalue weighted by Gasteiger charge is 1.99. The molecule has 0 aliphatic carbocycles. The molecular weight excluding hydrogens is 136 g/mol. The molecule has 1 rings (SSSR count). The van der Waals surface area contributed by atoms with Gasteiger partial charge < -0.3 is 0 Å². The fourth-order valence-corrected chi connectivity index (χ4v) is 0.692.